The third kappa shape index (κ3) is 3.23. The van der Waals surface area contributed by atoms with Gasteiger partial charge in [0.05, 0.1) is 6.61 Å². The second-order valence-electron chi connectivity index (χ2n) is 4.48. The number of nitrogens with zero attached hydrogens (tertiary/aromatic N) is 1. The lowest BCUT2D eigenvalue weighted by molar-refractivity contribution is 0.136. The van der Waals surface area contributed by atoms with Gasteiger partial charge in [0.2, 0.25) is 0 Å². The summed E-state index contributed by atoms with van der Waals surface area (Å²) in [5.74, 6) is 0.877. The Hall–Kier alpha value is -0.120. The molecule has 1 N–H and O–H groups in total. The van der Waals surface area contributed by atoms with Crippen molar-refractivity contribution >= 4 is 0 Å². The van der Waals surface area contributed by atoms with Crippen LogP contribution in [0.3, 0.4) is 0 Å². The van der Waals surface area contributed by atoms with Crippen molar-refractivity contribution in [2.24, 2.45) is 5.92 Å². The molecule has 0 spiro atoms. The number of hydrogen-bond acceptors (Lipinski definition) is 3. The third-order valence-corrected chi connectivity index (χ3v) is 3.23. The van der Waals surface area contributed by atoms with Crippen LogP contribution in [0, 0.1) is 5.92 Å². The van der Waals surface area contributed by atoms with Crippen molar-refractivity contribution in [1.29, 1.82) is 0 Å². The minimum atomic E-state index is 0.877. The smallest absolute Gasteiger partial charge is 0.0593 e. The molecule has 0 aromatic carbocycles. The minimum absolute atomic E-state index is 0.877. The maximum absolute atomic E-state index is 5.46. The first-order chi connectivity index (χ1) is 6.95. The van der Waals surface area contributed by atoms with Crippen molar-refractivity contribution < 1.29 is 4.74 Å². The number of rotatable bonds is 2. The summed E-state index contributed by atoms with van der Waals surface area (Å²) in [6.45, 7) is 7.97. The van der Waals surface area contributed by atoms with Gasteiger partial charge in [-0.2, -0.15) is 0 Å². The van der Waals surface area contributed by atoms with Gasteiger partial charge in [-0.1, -0.05) is 0 Å². The highest BCUT2D eigenvalue weighted by Crippen LogP contribution is 2.12. The first-order valence-corrected chi connectivity index (χ1v) is 5.96. The summed E-state index contributed by atoms with van der Waals surface area (Å²) >= 11 is 0. The molecule has 0 amide bonds. The van der Waals surface area contributed by atoms with Gasteiger partial charge in [0.25, 0.3) is 0 Å². The molecule has 0 saturated carbocycles. The van der Waals surface area contributed by atoms with E-state index in [1.807, 2.05) is 0 Å². The van der Waals surface area contributed by atoms with Crippen LogP contribution in [0.25, 0.3) is 0 Å². The molecule has 3 heteroatoms. The summed E-state index contributed by atoms with van der Waals surface area (Å²) in [6, 6.07) is 0. The van der Waals surface area contributed by atoms with Crippen LogP contribution in [0.5, 0.6) is 0 Å². The van der Waals surface area contributed by atoms with Crippen LogP contribution in [0.4, 0.5) is 0 Å². The first kappa shape index (κ1) is 10.4. The van der Waals surface area contributed by atoms with Crippen molar-refractivity contribution in [1.82, 2.24) is 10.2 Å². The first-order valence-electron chi connectivity index (χ1n) is 5.96. The topological polar surface area (TPSA) is 24.5 Å². The zero-order chi connectivity index (χ0) is 9.64. The average molecular weight is 198 g/mol. The van der Waals surface area contributed by atoms with Gasteiger partial charge in [-0.05, 0) is 38.3 Å². The number of nitrogens with one attached hydrogen (secondary N) is 1. The van der Waals surface area contributed by atoms with E-state index in [-0.39, 0.29) is 0 Å². The molecule has 0 aliphatic carbocycles. The van der Waals surface area contributed by atoms with Crippen LogP contribution in [0.2, 0.25) is 0 Å². The Morgan fingerprint density at radius 3 is 3.07 bits per heavy atom. The number of piperidine rings is 1. The summed E-state index contributed by atoms with van der Waals surface area (Å²) in [6.07, 6.45) is 3.97. The molecule has 82 valence electrons. The molecular weight excluding hydrogens is 176 g/mol. The Balaban J connectivity index is 1.71. The van der Waals surface area contributed by atoms with E-state index in [2.05, 4.69) is 10.2 Å². The van der Waals surface area contributed by atoms with E-state index in [1.165, 1.54) is 45.4 Å². The van der Waals surface area contributed by atoms with Gasteiger partial charge >= 0.3 is 0 Å². The van der Waals surface area contributed by atoms with Crippen molar-refractivity contribution in [3.63, 3.8) is 0 Å². The van der Waals surface area contributed by atoms with Gasteiger partial charge in [0.15, 0.2) is 0 Å². The molecule has 0 bridgehead atoms. The standard InChI is InChI=1S/C11H22N2O/c1-3-11(9-12-4-1)10-13-5-2-7-14-8-6-13/h11-12H,1-10H2. The fourth-order valence-electron chi connectivity index (χ4n) is 2.43. The lowest BCUT2D eigenvalue weighted by Gasteiger charge is -2.28. The van der Waals surface area contributed by atoms with E-state index in [4.69, 9.17) is 4.74 Å². The monoisotopic (exact) mass is 198 g/mol. The highest BCUT2D eigenvalue weighted by atomic mass is 16.5. The van der Waals surface area contributed by atoms with E-state index in [9.17, 15) is 0 Å². The molecule has 0 radical (unpaired) electrons. The van der Waals surface area contributed by atoms with Crippen molar-refractivity contribution in [3.05, 3.63) is 0 Å². The van der Waals surface area contributed by atoms with Crippen LogP contribution >= 0.6 is 0 Å². The second-order valence-corrected chi connectivity index (χ2v) is 4.48. The molecular formula is C11H22N2O. The Kier molecular flexibility index (Phi) is 4.22. The fourth-order valence-corrected chi connectivity index (χ4v) is 2.43. The largest absolute Gasteiger partial charge is 0.380 e. The van der Waals surface area contributed by atoms with Gasteiger partial charge < -0.3 is 15.0 Å². The third-order valence-electron chi connectivity index (χ3n) is 3.23. The summed E-state index contributed by atoms with van der Waals surface area (Å²) in [5.41, 5.74) is 0. The summed E-state index contributed by atoms with van der Waals surface area (Å²) in [5, 5.41) is 3.48. The molecule has 3 nitrogen and oxygen atoms in total. The van der Waals surface area contributed by atoms with Crippen molar-refractivity contribution in [2.75, 3.05) is 45.9 Å². The molecule has 2 saturated heterocycles. The molecule has 0 aromatic heterocycles. The van der Waals surface area contributed by atoms with Gasteiger partial charge in [0, 0.05) is 26.2 Å². The Labute approximate surface area is 86.8 Å². The van der Waals surface area contributed by atoms with Gasteiger partial charge in [0.1, 0.15) is 0 Å². The van der Waals surface area contributed by atoms with E-state index < -0.39 is 0 Å². The molecule has 2 aliphatic rings. The Morgan fingerprint density at radius 2 is 2.21 bits per heavy atom. The molecule has 2 fully saturated rings. The lowest BCUT2D eigenvalue weighted by Crippen LogP contribution is -2.39. The van der Waals surface area contributed by atoms with E-state index >= 15 is 0 Å². The SMILES string of the molecule is C1CNCC(CN2CCCOCC2)C1. The molecule has 2 aliphatic heterocycles. The molecule has 2 rings (SSSR count). The predicted octanol–water partition coefficient (Wildman–Crippen LogP) is 0.708. The van der Waals surface area contributed by atoms with Crippen molar-refractivity contribution in [2.45, 2.75) is 19.3 Å². The van der Waals surface area contributed by atoms with E-state index in [0.717, 1.165) is 25.7 Å². The maximum atomic E-state index is 5.46. The molecule has 1 atom stereocenters. The summed E-state index contributed by atoms with van der Waals surface area (Å²) in [7, 11) is 0. The second kappa shape index (κ2) is 5.69. The van der Waals surface area contributed by atoms with Gasteiger partial charge in [-0.3, -0.25) is 0 Å². The highest BCUT2D eigenvalue weighted by molar-refractivity contribution is 4.73. The zero-order valence-corrected chi connectivity index (χ0v) is 9.00. The maximum Gasteiger partial charge on any atom is 0.0593 e. The van der Waals surface area contributed by atoms with Crippen molar-refractivity contribution in [3.8, 4) is 0 Å². The summed E-state index contributed by atoms with van der Waals surface area (Å²) in [4.78, 5) is 2.57. The fraction of sp³-hybridized carbons (Fsp3) is 1.00. The normalized spacial score (nSPS) is 31.3. The minimum Gasteiger partial charge on any atom is -0.380 e. The van der Waals surface area contributed by atoms with Gasteiger partial charge in [-0.15, -0.1) is 0 Å². The Bertz CT molecular complexity index is 149. The number of ether oxygens (including phenoxy) is 1. The molecule has 1 unspecified atom stereocenters. The van der Waals surface area contributed by atoms with Crippen LogP contribution in [0.1, 0.15) is 19.3 Å². The highest BCUT2D eigenvalue weighted by Gasteiger charge is 2.17. The quantitative estimate of drug-likeness (QED) is 0.707. The molecule has 2 heterocycles. The average Bonchev–Trinajstić information content (AvgIpc) is 2.48. The summed E-state index contributed by atoms with van der Waals surface area (Å²) < 4.78 is 5.46. The van der Waals surface area contributed by atoms with E-state index in [1.54, 1.807) is 0 Å². The Morgan fingerprint density at radius 1 is 1.21 bits per heavy atom. The molecule has 14 heavy (non-hydrogen) atoms. The number of hydrogen-bond donors (Lipinski definition) is 1. The predicted molar refractivity (Wildman–Crippen MR) is 57.5 cm³/mol. The van der Waals surface area contributed by atoms with Crippen LogP contribution in [-0.2, 0) is 4.74 Å². The van der Waals surface area contributed by atoms with E-state index in [0.29, 0.717) is 0 Å². The van der Waals surface area contributed by atoms with Crippen LogP contribution < -0.4 is 5.32 Å². The van der Waals surface area contributed by atoms with Crippen LogP contribution in [-0.4, -0.2) is 50.8 Å². The van der Waals surface area contributed by atoms with Gasteiger partial charge in [-0.25, -0.2) is 0 Å². The van der Waals surface area contributed by atoms with Crippen LogP contribution in [0.15, 0.2) is 0 Å². The zero-order valence-electron chi connectivity index (χ0n) is 9.00. The molecule has 0 aromatic rings. The lowest BCUT2D eigenvalue weighted by atomic mass is 9.99.